The van der Waals surface area contributed by atoms with Crippen LogP contribution in [0.2, 0.25) is 0 Å². The molecule has 0 amide bonds. The first-order valence-electron chi connectivity index (χ1n) is 4.46. The Labute approximate surface area is 80.6 Å². The summed E-state index contributed by atoms with van der Waals surface area (Å²) in [5, 5.41) is 0. The van der Waals surface area contributed by atoms with E-state index in [1.54, 1.807) is 6.08 Å². The van der Waals surface area contributed by atoms with Gasteiger partial charge in [0.05, 0.1) is 0 Å². The van der Waals surface area contributed by atoms with Crippen LogP contribution in [-0.4, -0.2) is 0 Å². The first kappa shape index (κ1) is 9.79. The normalized spacial score (nSPS) is 9.77. The molecule has 0 heterocycles. The molecule has 0 saturated heterocycles. The lowest BCUT2D eigenvalue weighted by molar-refractivity contribution is 1.25. The summed E-state index contributed by atoms with van der Waals surface area (Å²) < 4.78 is 0. The molecule has 0 N–H and O–H groups in total. The van der Waals surface area contributed by atoms with Crippen LogP contribution in [0.1, 0.15) is 22.3 Å². The fourth-order valence-electron chi connectivity index (χ4n) is 1.41. The van der Waals surface area contributed by atoms with Crippen LogP contribution in [0.25, 0.3) is 5.57 Å². The van der Waals surface area contributed by atoms with Crippen molar-refractivity contribution >= 4 is 5.57 Å². The first-order valence-corrected chi connectivity index (χ1v) is 4.46. The second-order valence-electron chi connectivity index (χ2n) is 3.41. The summed E-state index contributed by atoms with van der Waals surface area (Å²) >= 11 is 0. The molecule has 0 nitrogen and oxygen atoms in total. The molecule has 0 aliphatic heterocycles. The Morgan fingerprint density at radius 2 is 1.77 bits per heavy atom. The number of aryl methyl sites for hydroxylation is 1. The molecule has 13 heavy (non-hydrogen) atoms. The summed E-state index contributed by atoms with van der Waals surface area (Å²) in [5.41, 5.74) is 6.20. The van der Waals surface area contributed by atoms with Crippen LogP contribution in [0.3, 0.4) is 0 Å². The van der Waals surface area contributed by atoms with Crippen LogP contribution >= 0.6 is 0 Å². The van der Waals surface area contributed by atoms with E-state index in [-0.39, 0.29) is 0 Å². The van der Waals surface area contributed by atoms with Crippen LogP contribution in [0.15, 0.2) is 31.4 Å². The van der Waals surface area contributed by atoms with Crippen molar-refractivity contribution in [2.24, 2.45) is 0 Å². The second kappa shape index (κ2) is 3.61. The lowest BCUT2D eigenvalue weighted by atomic mass is 9.95. The SMILES string of the molecule is C=CC(=C)c1ccc(C)c(C)c1C. The average Bonchev–Trinajstić information content (AvgIpc) is 2.13. The fraction of sp³-hybridized carbons (Fsp3) is 0.231. The van der Waals surface area contributed by atoms with Crippen molar-refractivity contribution in [1.82, 2.24) is 0 Å². The highest BCUT2D eigenvalue weighted by Crippen LogP contribution is 2.22. The maximum Gasteiger partial charge on any atom is -0.0158 e. The minimum atomic E-state index is 1.00. The van der Waals surface area contributed by atoms with E-state index in [1.807, 2.05) is 0 Å². The average molecular weight is 172 g/mol. The summed E-state index contributed by atoms with van der Waals surface area (Å²) in [5.74, 6) is 0. The molecular weight excluding hydrogens is 156 g/mol. The molecule has 0 radical (unpaired) electrons. The summed E-state index contributed by atoms with van der Waals surface area (Å²) in [7, 11) is 0. The van der Waals surface area contributed by atoms with Crippen LogP contribution in [0.4, 0.5) is 0 Å². The van der Waals surface area contributed by atoms with Gasteiger partial charge in [-0.2, -0.15) is 0 Å². The Bertz CT molecular complexity index is 357. The van der Waals surface area contributed by atoms with Crippen molar-refractivity contribution in [1.29, 1.82) is 0 Å². The number of benzene rings is 1. The Hall–Kier alpha value is -1.30. The number of rotatable bonds is 2. The monoisotopic (exact) mass is 172 g/mol. The van der Waals surface area contributed by atoms with Crippen molar-refractivity contribution < 1.29 is 0 Å². The van der Waals surface area contributed by atoms with Gasteiger partial charge >= 0.3 is 0 Å². The molecule has 0 saturated carbocycles. The summed E-state index contributed by atoms with van der Waals surface area (Å²) in [6.07, 6.45) is 1.80. The highest BCUT2D eigenvalue weighted by atomic mass is 14.1. The highest BCUT2D eigenvalue weighted by Gasteiger charge is 2.03. The molecule has 0 aliphatic rings. The minimum Gasteiger partial charge on any atom is -0.0985 e. The van der Waals surface area contributed by atoms with Gasteiger partial charge in [0.15, 0.2) is 0 Å². The standard InChI is InChI=1S/C13H16/c1-6-9(2)13-8-7-10(3)11(4)12(13)5/h6-8H,1-2H2,3-5H3. The zero-order valence-corrected chi connectivity index (χ0v) is 8.65. The summed E-state index contributed by atoms with van der Waals surface area (Å²) in [6.45, 7) is 14.1. The van der Waals surface area contributed by atoms with Crippen LogP contribution in [-0.2, 0) is 0 Å². The number of hydrogen-bond donors (Lipinski definition) is 0. The Balaban J connectivity index is 3.33. The largest absolute Gasteiger partial charge is 0.0985 e. The van der Waals surface area contributed by atoms with Gasteiger partial charge in [-0.1, -0.05) is 31.4 Å². The summed E-state index contributed by atoms with van der Waals surface area (Å²) in [6, 6.07) is 4.24. The molecule has 1 aromatic rings. The van der Waals surface area contributed by atoms with Gasteiger partial charge in [-0.15, -0.1) is 0 Å². The van der Waals surface area contributed by atoms with Crippen molar-refractivity contribution in [3.8, 4) is 0 Å². The van der Waals surface area contributed by atoms with Crippen molar-refractivity contribution in [3.63, 3.8) is 0 Å². The van der Waals surface area contributed by atoms with Crippen LogP contribution < -0.4 is 0 Å². The lowest BCUT2D eigenvalue weighted by Crippen LogP contribution is -1.92. The molecule has 0 atom stereocenters. The Morgan fingerprint density at radius 1 is 1.15 bits per heavy atom. The third kappa shape index (κ3) is 1.72. The predicted octanol–water partition coefficient (Wildman–Crippen LogP) is 3.81. The molecule has 1 rings (SSSR count). The van der Waals surface area contributed by atoms with Crippen LogP contribution in [0.5, 0.6) is 0 Å². The van der Waals surface area contributed by atoms with E-state index >= 15 is 0 Å². The zero-order valence-electron chi connectivity index (χ0n) is 8.65. The van der Waals surface area contributed by atoms with Gasteiger partial charge in [0.1, 0.15) is 0 Å². The van der Waals surface area contributed by atoms with Gasteiger partial charge in [-0.3, -0.25) is 0 Å². The molecule has 0 unspecified atom stereocenters. The Morgan fingerprint density at radius 3 is 2.31 bits per heavy atom. The third-order valence-corrected chi connectivity index (χ3v) is 2.65. The van der Waals surface area contributed by atoms with Crippen LogP contribution in [0, 0.1) is 20.8 Å². The van der Waals surface area contributed by atoms with E-state index in [4.69, 9.17) is 0 Å². The highest BCUT2D eigenvalue weighted by molar-refractivity contribution is 5.74. The van der Waals surface area contributed by atoms with Gasteiger partial charge < -0.3 is 0 Å². The van der Waals surface area contributed by atoms with Crippen molar-refractivity contribution in [2.45, 2.75) is 20.8 Å². The van der Waals surface area contributed by atoms with E-state index in [2.05, 4.69) is 46.1 Å². The number of hydrogen-bond acceptors (Lipinski definition) is 0. The zero-order chi connectivity index (χ0) is 10.0. The van der Waals surface area contributed by atoms with Gasteiger partial charge in [0, 0.05) is 0 Å². The molecule has 0 heteroatoms. The van der Waals surface area contributed by atoms with Gasteiger partial charge in [-0.05, 0) is 48.6 Å². The van der Waals surface area contributed by atoms with E-state index in [9.17, 15) is 0 Å². The van der Waals surface area contributed by atoms with Crippen molar-refractivity contribution in [3.05, 3.63) is 53.6 Å². The third-order valence-electron chi connectivity index (χ3n) is 2.65. The van der Waals surface area contributed by atoms with E-state index in [1.165, 1.54) is 22.3 Å². The molecule has 0 spiro atoms. The lowest BCUT2D eigenvalue weighted by Gasteiger charge is -2.10. The smallest absolute Gasteiger partial charge is 0.0158 e. The molecular formula is C13H16. The van der Waals surface area contributed by atoms with Gasteiger partial charge in [0.2, 0.25) is 0 Å². The van der Waals surface area contributed by atoms with E-state index in [0.717, 1.165) is 5.57 Å². The maximum atomic E-state index is 3.96. The summed E-state index contributed by atoms with van der Waals surface area (Å²) in [4.78, 5) is 0. The van der Waals surface area contributed by atoms with Gasteiger partial charge in [0.25, 0.3) is 0 Å². The molecule has 0 aromatic heterocycles. The second-order valence-corrected chi connectivity index (χ2v) is 3.41. The van der Waals surface area contributed by atoms with Gasteiger partial charge in [-0.25, -0.2) is 0 Å². The molecule has 0 fully saturated rings. The molecule has 0 aliphatic carbocycles. The van der Waals surface area contributed by atoms with E-state index in [0.29, 0.717) is 0 Å². The predicted molar refractivity (Wildman–Crippen MR) is 59.9 cm³/mol. The minimum absolute atomic E-state index is 1.00. The molecule has 0 bridgehead atoms. The Kier molecular flexibility index (Phi) is 2.72. The fourth-order valence-corrected chi connectivity index (χ4v) is 1.41. The number of allylic oxidation sites excluding steroid dienone is 2. The first-order chi connectivity index (χ1) is 6.07. The molecule has 1 aromatic carbocycles. The van der Waals surface area contributed by atoms with E-state index < -0.39 is 0 Å². The maximum absolute atomic E-state index is 3.96. The topological polar surface area (TPSA) is 0 Å². The molecule has 68 valence electrons. The quantitative estimate of drug-likeness (QED) is 0.595. The van der Waals surface area contributed by atoms with Crippen molar-refractivity contribution in [2.75, 3.05) is 0 Å².